The van der Waals surface area contributed by atoms with E-state index < -0.39 is 5.60 Å². The number of carbonyl (C=O) groups excluding carboxylic acids is 1. The second-order valence-corrected chi connectivity index (χ2v) is 8.61. The van der Waals surface area contributed by atoms with Crippen molar-refractivity contribution < 1.29 is 9.90 Å². The summed E-state index contributed by atoms with van der Waals surface area (Å²) in [6.45, 7) is 3.58. The number of nitrogens with one attached hydrogen (secondary N) is 2. The highest BCUT2D eigenvalue weighted by molar-refractivity contribution is 7.21. The molecule has 0 spiro atoms. The van der Waals surface area contributed by atoms with Gasteiger partial charge in [0.2, 0.25) is 5.95 Å². The number of nitrogens with two attached hydrogens (primary N) is 1. The summed E-state index contributed by atoms with van der Waals surface area (Å²) in [7, 11) is 1.54. The average molecular weight is 440 g/mol. The van der Waals surface area contributed by atoms with E-state index in [2.05, 4.69) is 20.6 Å². The quantitative estimate of drug-likeness (QED) is 0.480. The highest BCUT2D eigenvalue weighted by Gasteiger charge is 2.22. The zero-order valence-corrected chi connectivity index (χ0v) is 17.8. The molecule has 148 valence electrons. The van der Waals surface area contributed by atoms with E-state index in [1.807, 2.05) is 0 Å². The van der Waals surface area contributed by atoms with E-state index in [9.17, 15) is 9.90 Å². The van der Waals surface area contributed by atoms with Gasteiger partial charge in [-0.05, 0) is 26.0 Å². The zero-order chi connectivity index (χ0) is 20.6. The topological polar surface area (TPSA) is 113 Å². The normalized spacial score (nSPS) is 11.6. The minimum atomic E-state index is -0.955. The molecule has 0 saturated carbocycles. The van der Waals surface area contributed by atoms with Crippen LogP contribution in [0, 0.1) is 0 Å². The minimum Gasteiger partial charge on any atom is -0.397 e. The lowest BCUT2D eigenvalue weighted by Crippen LogP contribution is -2.29. The number of hydrogen-bond acceptors (Lipinski definition) is 7. The third-order valence-corrected chi connectivity index (χ3v) is 5.73. The van der Waals surface area contributed by atoms with E-state index in [0.717, 1.165) is 0 Å². The van der Waals surface area contributed by atoms with Gasteiger partial charge < -0.3 is 21.5 Å². The van der Waals surface area contributed by atoms with Crippen molar-refractivity contribution in [2.24, 2.45) is 0 Å². The molecular weight excluding hydrogens is 421 g/mol. The van der Waals surface area contributed by atoms with Crippen molar-refractivity contribution in [3.8, 4) is 11.3 Å². The molecule has 10 heteroatoms. The molecule has 5 N–H and O–H groups in total. The fraction of sp³-hybridized carbons (Fsp3) is 0.278. The van der Waals surface area contributed by atoms with Gasteiger partial charge in [0.1, 0.15) is 9.71 Å². The van der Waals surface area contributed by atoms with Gasteiger partial charge in [-0.15, -0.1) is 11.3 Å². The van der Waals surface area contributed by atoms with Crippen LogP contribution in [0.3, 0.4) is 0 Å². The van der Waals surface area contributed by atoms with Crippen LogP contribution in [-0.2, 0) is 0 Å². The molecule has 7 nitrogen and oxygen atoms in total. The average Bonchev–Trinajstić information content (AvgIpc) is 2.97. The van der Waals surface area contributed by atoms with Gasteiger partial charge in [-0.2, -0.15) is 0 Å². The SMILES string of the molecule is CNC(=O)c1sc2nc(NCC(C)(C)O)nc(-c3ccc(Cl)c(Cl)c3)c2c1N. The van der Waals surface area contributed by atoms with Crippen LogP contribution in [0.2, 0.25) is 10.0 Å². The van der Waals surface area contributed by atoms with E-state index in [0.29, 0.717) is 48.0 Å². The standard InChI is InChI=1S/C18H19Cl2N5O2S/c1-18(2,27)7-23-17-24-13(8-4-5-9(19)10(20)6-8)11-12(21)14(15(26)22-3)28-16(11)25-17/h4-6,27H,7,21H2,1-3H3,(H,22,26)(H,23,24,25). The van der Waals surface area contributed by atoms with E-state index in [4.69, 9.17) is 28.9 Å². The summed E-state index contributed by atoms with van der Waals surface area (Å²) >= 11 is 13.4. The third kappa shape index (κ3) is 4.15. The lowest BCUT2D eigenvalue weighted by molar-refractivity contribution is 0.0941. The lowest BCUT2D eigenvalue weighted by Gasteiger charge is -2.18. The van der Waals surface area contributed by atoms with Crippen LogP contribution in [0.15, 0.2) is 18.2 Å². The van der Waals surface area contributed by atoms with Crippen molar-refractivity contribution in [3.05, 3.63) is 33.1 Å². The van der Waals surface area contributed by atoms with Crippen LogP contribution < -0.4 is 16.4 Å². The van der Waals surface area contributed by atoms with Crippen molar-refractivity contribution in [2.45, 2.75) is 19.4 Å². The second kappa shape index (κ2) is 7.71. The Morgan fingerprint density at radius 2 is 2.00 bits per heavy atom. The number of anilines is 2. The maximum Gasteiger partial charge on any atom is 0.263 e. The Bertz CT molecular complexity index is 1060. The van der Waals surface area contributed by atoms with Crippen LogP contribution in [0.1, 0.15) is 23.5 Å². The first-order chi connectivity index (χ1) is 13.1. The Labute approximate surface area is 175 Å². The Morgan fingerprint density at radius 3 is 2.61 bits per heavy atom. The molecule has 3 aromatic rings. The molecule has 1 aromatic carbocycles. The zero-order valence-electron chi connectivity index (χ0n) is 15.4. The van der Waals surface area contributed by atoms with Gasteiger partial charge in [0.25, 0.3) is 5.91 Å². The molecule has 0 atom stereocenters. The van der Waals surface area contributed by atoms with E-state index in [-0.39, 0.29) is 12.5 Å². The summed E-state index contributed by atoms with van der Waals surface area (Å²) in [6, 6.07) is 5.12. The second-order valence-electron chi connectivity index (χ2n) is 6.79. The predicted molar refractivity (Wildman–Crippen MR) is 115 cm³/mol. The maximum atomic E-state index is 12.2. The van der Waals surface area contributed by atoms with Gasteiger partial charge in [0.05, 0.1) is 32.4 Å². The molecule has 0 aliphatic heterocycles. The Hall–Kier alpha value is -2.13. The summed E-state index contributed by atoms with van der Waals surface area (Å²) in [6.07, 6.45) is 0. The third-order valence-electron chi connectivity index (χ3n) is 3.89. The predicted octanol–water partition coefficient (Wildman–Crippen LogP) is 3.79. The number of hydrogen-bond donors (Lipinski definition) is 4. The van der Waals surface area contributed by atoms with Gasteiger partial charge >= 0.3 is 0 Å². The summed E-state index contributed by atoms with van der Waals surface area (Å²) in [4.78, 5) is 22.1. The van der Waals surface area contributed by atoms with Crippen LogP contribution in [0.4, 0.5) is 11.6 Å². The van der Waals surface area contributed by atoms with E-state index in [1.165, 1.54) is 18.4 Å². The molecule has 3 rings (SSSR count). The number of rotatable bonds is 5. The monoisotopic (exact) mass is 439 g/mol. The summed E-state index contributed by atoms with van der Waals surface area (Å²) in [5.41, 5.74) is 6.81. The molecule has 0 aliphatic rings. The van der Waals surface area contributed by atoms with E-state index >= 15 is 0 Å². The van der Waals surface area contributed by atoms with E-state index in [1.54, 1.807) is 32.0 Å². The molecule has 0 fully saturated rings. The molecule has 2 aromatic heterocycles. The fourth-order valence-electron chi connectivity index (χ4n) is 2.53. The molecule has 0 aliphatic carbocycles. The van der Waals surface area contributed by atoms with Gasteiger partial charge in [-0.25, -0.2) is 9.97 Å². The number of amides is 1. The molecule has 0 unspecified atom stereocenters. The Morgan fingerprint density at radius 1 is 1.29 bits per heavy atom. The smallest absolute Gasteiger partial charge is 0.263 e. The molecule has 1 amide bonds. The first-order valence-corrected chi connectivity index (χ1v) is 9.91. The van der Waals surface area contributed by atoms with Gasteiger partial charge in [0.15, 0.2) is 0 Å². The van der Waals surface area contributed by atoms with Gasteiger partial charge in [-0.3, -0.25) is 4.79 Å². The molecule has 0 saturated heterocycles. The van der Waals surface area contributed by atoms with Crippen LogP contribution >= 0.6 is 34.5 Å². The number of aliphatic hydroxyl groups is 1. The van der Waals surface area contributed by atoms with Crippen LogP contribution in [0.5, 0.6) is 0 Å². The number of benzene rings is 1. The fourth-order valence-corrected chi connectivity index (χ4v) is 3.87. The Kier molecular flexibility index (Phi) is 5.67. The number of nitrogens with zero attached hydrogens (tertiary/aromatic N) is 2. The molecular formula is C18H19Cl2N5O2S. The maximum absolute atomic E-state index is 12.2. The minimum absolute atomic E-state index is 0.239. The molecule has 0 radical (unpaired) electrons. The van der Waals surface area contributed by atoms with Crippen molar-refractivity contribution in [1.82, 2.24) is 15.3 Å². The number of carbonyl (C=O) groups is 1. The first-order valence-electron chi connectivity index (χ1n) is 8.34. The van der Waals surface area contributed by atoms with Crippen LogP contribution in [-0.4, -0.2) is 40.2 Å². The lowest BCUT2D eigenvalue weighted by atomic mass is 10.1. The molecule has 0 bridgehead atoms. The Balaban J connectivity index is 2.23. The van der Waals surface area contributed by atoms with Gasteiger partial charge in [0, 0.05) is 19.2 Å². The highest BCUT2D eigenvalue weighted by atomic mass is 35.5. The van der Waals surface area contributed by atoms with Crippen molar-refractivity contribution in [1.29, 1.82) is 0 Å². The number of aromatic nitrogens is 2. The molecule has 2 heterocycles. The number of fused-ring (bicyclic) bond motifs is 1. The number of nitrogen functional groups attached to an aromatic ring is 1. The van der Waals surface area contributed by atoms with Crippen molar-refractivity contribution >= 4 is 62.3 Å². The number of halogens is 2. The van der Waals surface area contributed by atoms with Gasteiger partial charge in [-0.1, -0.05) is 29.3 Å². The van der Waals surface area contributed by atoms with Crippen molar-refractivity contribution in [2.75, 3.05) is 24.6 Å². The largest absolute Gasteiger partial charge is 0.397 e. The first kappa shape index (κ1) is 20.6. The van der Waals surface area contributed by atoms with Crippen LogP contribution in [0.25, 0.3) is 21.5 Å². The highest BCUT2D eigenvalue weighted by Crippen LogP contribution is 2.40. The summed E-state index contributed by atoms with van der Waals surface area (Å²) < 4.78 is 0. The summed E-state index contributed by atoms with van der Waals surface area (Å²) in [5.74, 6) is 0.00648. The number of thiophene rings is 1. The summed E-state index contributed by atoms with van der Waals surface area (Å²) in [5, 5.41) is 16.9. The molecule has 28 heavy (non-hydrogen) atoms. The van der Waals surface area contributed by atoms with Crippen molar-refractivity contribution in [3.63, 3.8) is 0 Å².